The molecule has 1 N–H and O–H groups in total. The van der Waals surface area contributed by atoms with Crippen molar-refractivity contribution in [2.24, 2.45) is 0 Å². The second kappa shape index (κ2) is 8.39. The first-order chi connectivity index (χ1) is 12.4. The Morgan fingerprint density at radius 3 is 2.54 bits per heavy atom. The summed E-state index contributed by atoms with van der Waals surface area (Å²) in [5.41, 5.74) is -0.509. The van der Waals surface area contributed by atoms with Crippen LogP contribution in [0.15, 0.2) is 12.1 Å². The molecule has 1 atom stereocenters. The van der Waals surface area contributed by atoms with Crippen LogP contribution in [0.3, 0.4) is 0 Å². The Balaban J connectivity index is 1.55. The van der Waals surface area contributed by atoms with E-state index < -0.39 is 35.3 Å². The largest absolute Gasteiger partial charge is 0.352 e. The number of hydrogen-bond donors (Lipinski definition) is 1. The summed E-state index contributed by atoms with van der Waals surface area (Å²) in [6, 6.07) is 2.08. The normalized spacial score (nSPS) is 23.2. The van der Waals surface area contributed by atoms with E-state index in [0.29, 0.717) is 6.04 Å². The molecule has 0 bridgehead atoms. The summed E-state index contributed by atoms with van der Waals surface area (Å²) in [7, 11) is 2.13. The van der Waals surface area contributed by atoms with Crippen LogP contribution in [0.5, 0.6) is 0 Å². The summed E-state index contributed by atoms with van der Waals surface area (Å²) in [5, 5.41) is 2.87. The second-order valence-electron chi connectivity index (χ2n) is 7.43. The SMILES string of the molecule is CN1CCC(N2CCC[C@@H](NC(=O)Cc3c(F)ccc(F)c3F)C2)CC1. The lowest BCUT2D eigenvalue weighted by atomic mass is 9.98. The van der Waals surface area contributed by atoms with Gasteiger partial charge < -0.3 is 10.2 Å². The van der Waals surface area contributed by atoms with E-state index in [0.717, 1.165) is 64.0 Å². The second-order valence-corrected chi connectivity index (χ2v) is 7.43. The molecule has 2 aliphatic heterocycles. The van der Waals surface area contributed by atoms with Crippen LogP contribution in [0.1, 0.15) is 31.2 Å². The Bertz CT molecular complexity index is 647. The highest BCUT2D eigenvalue weighted by atomic mass is 19.2. The predicted molar refractivity (Wildman–Crippen MR) is 93.3 cm³/mol. The van der Waals surface area contributed by atoms with Crippen molar-refractivity contribution in [3.63, 3.8) is 0 Å². The fraction of sp³-hybridized carbons (Fsp3) is 0.632. The Labute approximate surface area is 152 Å². The van der Waals surface area contributed by atoms with Crippen molar-refractivity contribution in [2.75, 3.05) is 33.2 Å². The van der Waals surface area contributed by atoms with Gasteiger partial charge in [0.1, 0.15) is 5.82 Å². The Hall–Kier alpha value is -1.60. The number of rotatable bonds is 4. The molecule has 2 heterocycles. The molecule has 1 aromatic carbocycles. The fourth-order valence-electron chi connectivity index (χ4n) is 3.99. The molecule has 3 rings (SSSR count). The van der Waals surface area contributed by atoms with Gasteiger partial charge in [-0.15, -0.1) is 0 Å². The maximum absolute atomic E-state index is 13.7. The van der Waals surface area contributed by atoms with Gasteiger partial charge in [0.15, 0.2) is 11.6 Å². The van der Waals surface area contributed by atoms with E-state index in [1.165, 1.54) is 0 Å². The maximum Gasteiger partial charge on any atom is 0.224 e. The zero-order valence-electron chi connectivity index (χ0n) is 15.1. The predicted octanol–water partition coefficient (Wildman–Crippen LogP) is 2.32. The van der Waals surface area contributed by atoms with Crippen LogP contribution in [0.4, 0.5) is 13.2 Å². The minimum absolute atomic E-state index is 0.0319. The Kier molecular flexibility index (Phi) is 6.19. The van der Waals surface area contributed by atoms with Gasteiger partial charge in [-0.2, -0.15) is 0 Å². The third-order valence-electron chi connectivity index (χ3n) is 5.50. The number of carbonyl (C=O) groups is 1. The van der Waals surface area contributed by atoms with Crippen molar-refractivity contribution in [1.29, 1.82) is 0 Å². The molecule has 2 aliphatic rings. The van der Waals surface area contributed by atoms with E-state index in [9.17, 15) is 18.0 Å². The number of piperidine rings is 2. The van der Waals surface area contributed by atoms with E-state index in [2.05, 4.69) is 22.2 Å². The summed E-state index contributed by atoms with van der Waals surface area (Å²) in [6.07, 6.45) is 3.59. The molecule has 26 heavy (non-hydrogen) atoms. The highest BCUT2D eigenvalue weighted by Gasteiger charge is 2.29. The van der Waals surface area contributed by atoms with E-state index in [-0.39, 0.29) is 6.04 Å². The average molecular weight is 369 g/mol. The minimum Gasteiger partial charge on any atom is -0.352 e. The van der Waals surface area contributed by atoms with Gasteiger partial charge in [0.2, 0.25) is 5.91 Å². The van der Waals surface area contributed by atoms with E-state index in [1.807, 2.05) is 0 Å². The van der Waals surface area contributed by atoms with Crippen molar-refractivity contribution in [3.05, 3.63) is 35.1 Å². The molecule has 0 unspecified atom stereocenters. The molecule has 2 saturated heterocycles. The summed E-state index contributed by atoms with van der Waals surface area (Å²) in [4.78, 5) is 17.0. The molecule has 0 radical (unpaired) electrons. The van der Waals surface area contributed by atoms with Crippen LogP contribution in [0.25, 0.3) is 0 Å². The van der Waals surface area contributed by atoms with Gasteiger partial charge in [0.05, 0.1) is 6.42 Å². The first kappa shape index (κ1) is 19.2. The number of nitrogens with one attached hydrogen (secondary N) is 1. The summed E-state index contributed by atoms with van der Waals surface area (Å²) in [5.74, 6) is -3.78. The minimum atomic E-state index is -1.28. The molecule has 144 valence electrons. The molecule has 4 nitrogen and oxygen atoms in total. The number of amides is 1. The van der Waals surface area contributed by atoms with Crippen LogP contribution >= 0.6 is 0 Å². The zero-order valence-corrected chi connectivity index (χ0v) is 15.1. The van der Waals surface area contributed by atoms with Crippen molar-refractivity contribution in [2.45, 2.75) is 44.2 Å². The molecule has 0 saturated carbocycles. The van der Waals surface area contributed by atoms with Gasteiger partial charge in [0, 0.05) is 24.2 Å². The molecule has 1 amide bonds. The summed E-state index contributed by atoms with van der Waals surface area (Å²) in [6.45, 7) is 3.94. The van der Waals surface area contributed by atoms with Crippen LogP contribution < -0.4 is 5.32 Å². The first-order valence-corrected chi connectivity index (χ1v) is 9.28. The van der Waals surface area contributed by atoms with Crippen LogP contribution in [0.2, 0.25) is 0 Å². The monoisotopic (exact) mass is 369 g/mol. The number of likely N-dealkylation sites (tertiary alicyclic amines) is 2. The van der Waals surface area contributed by atoms with Crippen molar-refractivity contribution >= 4 is 5.91 Å². The number of benzene rings is 1. The smallest absolute Gasteiger partial charge is 0.224 e. The number of hydrogen-bond acceptors (Lipinski definition) is 3. The lowest BCUT2D eigenvalue weighted by molar-refractivity contribution is -0.121. The third-order valence-corrected chi connectivity index (χ3v) is 5.50. The van der Waals surface area contributed by atoms with E-state index in [1.54, 1.807) is 0 Å². The standard InChI is InChI=1S/C19H26F3N3O/c1-24-9-6-14(7-10-24)25-8-2-3-13(12-25)23-18(26)11-15-16(20)4-5-17(21)19(15)22/h4-5,13-14H,2-3,6-12H2,1H3,(H,23,26)/t13-/m1/s1. The first-order valence-electron chi connectivity index (χ1n) is 9.28. The topological polar surface area (TPSA) is 35.6 Å². The molecule has 0 spiro atoms. The molecule has 0 aliphatic carbocycles. The molecule has 2 fully saturated rings. The molecular weight excluding hydrogens is 343 g/mol. The van der Waals surface area contributed by atoms with E-state index >= 15 is 0 Å². The van der Waals surface area contributed by atoms with Gasteiger partial charge in [-0.25, -0.2) is 13.2 Å². The fourth-order valence-corrected chi connectivity index (χ4v) is 3.99. The Morgan fingerprint density at radius 2 is 1.81 bits per heavy atom. The zero-order chi connectivity index (χ0) is 18.7. The van der Waals surface area contributed by atoms with Gasteiger partial charge in [-0.05, 0) is 64.5 Å². The van der Waals surface area contributed by atoms with Gasteiger partial charge in [-0.3, -0.25) is 9.69 Å². The van der Waals surface area contributed by atoms with Gasteiger partial charge >= 0.3 is 0 Å². The van der Waals surface area contributed by atoms with Gasteiger partial charge in [0.25, 0.3) is 0 Å². The lowest BCUT2D eigenvalue weighted by Gasteiger charge is -2.41. The lowest BCUT2D eigenvalue weighted by Crippen LogP contribution is -2.53. The summed E-state index contributed by atoms with van der Waals surface area (Å²) < 4.78 is 40.7. The van der Waals surface area contributed by atoms with Crippen LogP contribution in [-0.2, 0) is 11.2 Å². The highest BCUT2D eigenvalue weighted by molar-refractivity contribution is 5.79. The molecule has 7 heteroatoms. The number of halogens is 3. The van der Waals surface area contributed by atoms with Crippen molar-refractivity contribution < 1.29 is 18.0 Å². The average Bonchev–Trinajstić information content (AvgIpc) is 2.63. The molecular formula is C19H26F3N3O. The molecule has 1 aromatic rings. The van der Waals surface area contributed by atoms with Crippen LogP contribution in [-0.4, -0.2) is 61.0 Å². The Morgan fingerprint density at radius 1 is 1.12 bits per heavy atom. The third kappa shape index (κ3) is 4.57. The number of carbonyl (C=O) groups excluding carboxylic acids is 1. The quantitative estimate of drug-likeness (QED) is 0.828. The maximum atomic E-state index is 13.7. The van der Waals surface area contributed by atoms with Crippen LogP contribution in [0, 0.1) is 17.5 Å². The highest BCUT2D eigenvalue weighted by Crippen LogP contribution is 2.21. The van der Waals surface area contributed by atoms with E-state index in [4.69, 9.17) is 0 Å². The number of nitrogens with zero attached hydrogens (tertiary/aromatic N) is 2. The summed E-state index contributed by atoms with van der Waals surface area (Å²) >= 11 is 0. The van der Waals surface area contributed by atoms with Gasteiger partial charge in [-0.1, -0.05) is 0 Å². The molecule has 0 aromatic heterocycles. The van der Waals surface area contributed by atoms with Crippen molar-refractivity contribution in [3.8, 4) is 0 Å². The van der Waals surface area contributed by atoms with Crippen molar-refractivity contribution in [1.82, 2.24) is 15.1 Å².